The summed E-state index contributed by atoms with van der Waals surface area (Å²) < 4.78 is 5.81. The van der Waals surface area contributed by atoms with Gasteiger partial charge in [-0.15, -0.1) is 0 Å². The van der Waals surface area contributed by atoms with Gasteiger partial charge in [0.2, 0.25) is 5.91 Å². The van der Waals surface area contributed by atoms with Crippen LogP contribution in [0.1, 0.15) is 26.3 Å². The van der Waals surface area contributed by atoms with Gasteiger partial charge in [0.25, 0.3) is 0 Å². The molecule has 1 fully saturated rings. The summed E-state index contributed by atoms with van der Waals surface area (Å²) in [6.45, 7) is 7.30. The second-order valence-corrected chi connectivity index (χ2v) is 5.84. The van der Waals surface area contributed by atoms with Crippen molar-refractivity contribution in [2.24, 2.45) is 0 Å². The Labute approximate surface area is 114 Å². The molecule has 0 aliphatic carbocycles. The highest BCUT2D eigenvalue weighted by atomic mass is 16.5. The molecule has 2 rings (SSSR count). The van der Waals surface area contributed by atoms with Crippen molar-refractivity contribution in [3.63, 3.8) is 0 Å². The first-order chi connectivity index (χ1) is 8.87. The average molecular weight is 262 g/mol. The quantitative estimate of drug-likeness (QED) is 0.827. The van der Waals surface area contributed by atoms with E-state index in [1.165, 1.54) is 0 Å². The molecule has 2 N–H and O–H groups in total. The summed E-state index contributed by atoms with van der Waals surface area (Å²) in [5.41, 5.74) is 7.17. The molecule has 1 atom stereocenters. The number of rotatable bonds is 2. The van der Waals surface area contributed by atoms with Crippen molar-refractivity contribution < 1.29 is 9.53 Å². The van der Waals surface area contributed by atoms with Gasteiger partial charge in [-0.05, 0) is 32.4 Å². The molecule has 0 bridgehead atoms. The molecule has 1 saturated heterocycles. The van der Waals surface area contributed by atoms with Crippen LogP contribution in [0, 0.1) is 0 Å². The molecular weight excluding hydrogens is 240 g/mol. The molecule has 4 heteroatoms. The van der Waals surface area contributed by atoms with Gasteiger partial charge in [-0.1, -0.05) is 18.2 Å². The molecule has 0 aromatic heterocycles. The van der Waals surface area contributed by atoms with Crippen molar-refractivity contribution in [2.45, 2.75) is 38.9 Å². The summed E-state index contributed by atoms with van der Waals surface area (Å²) in [5.74, 6) is 0.112. The highest BCUT2D eigenvalue weighted by Crippen LogP contribution is 2.22. The Morgan fingerprint density at radius 2 is 2.16 bits per heavy atom. The number of carbonyl (C=O) groups excluding carboxylic acids is 1. The summed E-state index contributed by atoms with van der Waals surface area (Å²) in [6, 6.07) is 7.52. The maximum atomic E-state index is 12.4. The number of nitrogens with zero attached hydrogens (tertiary/aromatic N) is 1. The first-order valence-electron chi connectivity index (χ1n) is 6.66. The predicted molar refractivity (Wildman–Crippen MR) is 75.8 cm³/mol. The smallest absolute Gasteiger partial charge is 0.227 e. The van der Waals surface area contributed by atoms with Crippen LogP contribution in [0.15, 0.2) is 24.3 Å². The molecular formula is C15H22N2O2. The number of nitrogen functional groups attached to an aromatic ring is 1. The van der Waals surface area contributed by atoms with E-state index in [2.05, 4.69) is 0 Å². The molecule has 1 aliphatic heterocycles. The SMILES string of the molecule is CC1CN(C(=O)Cc2ccccc2N)CC(C)(C)O1. The lowest BCUT2D eigenvalue weighted by Crippen LogP contribution is -2.54. The maximum Gasteiger partial charge on any atom is 0.227 e. The Morgan fingerprint density at radius 1 is 1.47 bits per heavy atom. The molecule has 1 amide bonds. The molecule has 0 spiro atoms. The van der Waals surface area contributed by atoms with E-state index in [1.807, 2.05) is 49.9 Å². The fourth-order valence-corrected chi connectivity index (χ4v) is 2.61. The summed E-state index contributed by atoms with van der Waals surface area (Å²) in [7, 11) is 0. The third kappa shape index (κ3) is 3.47. The Balaban J connectivity index is 2.06. The van der Waals surface area contributed by atoms with Crippen LogP contribution in [0.2, 0.25) is 0 Å². The lowest BCUT2D eigenvalue weighted by molar-refractivity contribution is -0.157. The highest BCUT2D eigenvalue weighted by molar-refractivity contribution is 5.80. The van der Waals surface area contributed by atoms with Crippen molar-refractivity contribution in [3.8, 4) is 0 Å². The van der Waals surface area contributed by atoms with E-state index in [0.717, 1.165) is 5.56 Å². The van der Waals surface area contributed by atoms with Crippen molar-refractivity contribution in [1.29, 1.82) is 0 Å². The summed E-state index contributed by atoms with van der Waals surface area (Å²) in [5, 5.41) is 0. The molecule has 0 saturated carbocycles. The van der Waals surface area contributed by atoms with E-state index >= 15 is 0 Å². The van der Waals surface area contributed by atoms with Gasteiger partial charge in [-0.3, -0.25) is 4.79 Å². The Hall–Kier alpha value is -1.55. The average Bonchev–Trinajstić information content (AvgIpc) is 2.29. The minimum atomic E-state index is -0.282. The van der Waals surface area contributed by atoms with Crippen LogP contribution in [-0.2, 0) is 16.0 Å². The second kappa shape index (κ2) is 5.21. The van der Waals surface area contributed by atoms with Gasteiger partial charge in [-0.2, -0.15) is 0 Å². The van der Waals surface area contributed by atoms with Gasteiger partial charge in [0.1, 0.15) is 0 Å². The number of nitrogens with two attached hydrogens (primary N) is 1. The van der Waals surface area contributed by atoms with E-state index in [-0.39, 0.29) is 17.6 Å². The molecule has 19 heavy (non-hydrogen) atoms. The first-order valence-corrected chi connectivity index (χ1v) is 6.66. The van der Waals surface area contributed by atoms with E-state index in [4.69, 9.17) is 10.5 Å². The number of hydrogen-bond acceptors (Lipinski definition) is 3. The van der Waals surface area contributed by atoms with Crippen molar-refractivity contribution in [2.75, 3.05) is 18.8 Å². The third-order valence-corrected chi connectivity index (χ3v) is 3.32. The molecule has 0 radical (unpaired) electrons. The van der Waals surface area contributed by atoms with Crippen LogP contribution in [0.3, 0.4) is 0 Å². The standard InChI is InChI=1S/C15H22N2O2/c1-11-9-17(10-15(2,3)19-11)14(18)8-12-6-4-5-7-13(12)16/h4-7,11H,8-10,16H2,1-3H3. The normalized spacial score (nSPS) is 22.3. The fourth-order valence-electron chi connectivity index (χ4n) is 2.61. The summed E-state index contributed by atoms with van der Waals surface area (Å²) in [6.07, 6.45) is 0.427. The lowest BCUT2D eigenvalue weighted by Gasteiger charge is -2.41. The molecule has 1 aliphatic rings. The van der Waals surface area contributed by atoms with Crippen LogP contribution in [0.5, 0.6) is 0 Å². The zero-order chi connectivity index (χ0) is 14.0. The number of carbonyl (C=O) groups is 1. The van der Waals surface area contributed by atoms with Crippen molar-refractivity contribution >= 4 is 11.6 Å². The third-order valence-electron chi connectivity index (χ3n) is 3.32. The number of benzene rings is 1. The first kappa shape index (κ1) is 13.9. The lowest BCUT2D eigenvalue weighted by atomic mass is 10.0. The minimum Gasteiger partial charge on any atom is -0.398 e. The number of ether oxygens (including phenoxy) is 1. The van der Waals surface area contributed by atoms with Crippen LogP contribution in [-0.4, -0.2) is 35.6 Å². The number of hydrogen-bond donors (Lipinski definition) is 1. The Bertz CT molecular complexity index is 471. The van der Waals surface area contributed by atoms with E-state index in [9.17, 15) is 4.79 Å². The van der Waals surface area contributed by atoms with Gasteiger partial charge in [0.05, 0.1) is 18.1 Å². The van der Waals surface area contributed by atoms with Crippen LogP contribution in [0.25, 0.3) is 0 Å². The Morgan fingerprint density at radius 3 is 2.79 bits per heavy atom. The minimum absolute atomic E-state index is 0.0702. The number of morpholine rings is 1. The zero-order valence-electron chi connectivity index (χ0n) is 11.8. The topological polar surface area (TPSA) is 55.6 Å². The number of anilines is 1. The molecule has 4 nitrogen and oxygen atoms in total. The largest absolute Gasteiger partial charge is 0.398 e. The highest BCUT2D eigenvalue weighted by Gasteiger charge is 2.33. The summed E-state index contributed by atoms with van der Waals surface area (Å²) in [4.78, 5) is 14.2. The van der Waals surface area contributed by atoms with E-state index < -0.39 is 0 Å². The molecule has 1 heterocycles. The van der Waals surface area contributed by atoms with Gasteiger partial charge in [-0.25, -0.2) is 0 Å². The van der Waals surface area contributed by atoms with Gasteiger partial charge in [0.15, 0.2) is 0 Å². The van der Waals surface area contributed by atoms with Crippen LogP contribution >= 0.6 is 0 Å². The van der Waals surface area contributed by atoms with Gasteiger partial charge >= 0.3 is 0 Å². The zero-order valence-corrected chi connectivity index (χ0v) is 11.8. The van der Waals surface area contributed by atoms with Gasteiger partial charge in [0, 0.05) is 18.8 Å². The number of amides is 1. The van der Waals surface area contributed by atoms with Crippen molar-refractivity contribution in [1.82, 2.24) is 4.90 Å². The van der Waals surface area contributed by atoms with E-state index in [1.54, 1.807) is 0 Å². The molecule has 104 valence electrons. The van der Waals surface area contributed by atoms with Crippen LogP contribution in [0.4, 0.5) is 5.69 Å². The van der Waals surface area contributed by atoms with Crippen molar-refractivity contribution in [3.05, 3.63) is 29.8 Å². The van der Waals surface area contributed by atoms with Crippen LogP contribution < -0.4 is 5.73 Å². The maximum absolute atomic E-state index is 12.4. The fraction of sp³-hybridized carbons (Fsp3) is 0.533. The van der Waals surface area contributed by atoms with E-state index in [0.29, 0.717) is 25.2 Å². The van der Waals surface area contributed by atoms with Gasteiger partial charge < -0.3 is 15.4 Å². The summed E-state index contributed by atoms with van der Waals surface area (Å²) >= 11 is 0. The molecule has 1 aromatic rings. The Kier molecular flexibility index (Phi) is 3.80. The number of para-hydroxylation sites is 1. The molecule has 1 unspecified atom stereocenters. The second-order valence-electron chi connectivity index (χ2n) is 5.84. The predicted octanol–water partition coefficient (Wildman–Crippen LogP) is 1.84. The monoisotopic (exact) mass is 262 g/mol. The molecule has 1 aromatic carbocycles.